The van der Waals surface area contributed by atoms with Crippen LogP contribution in [0.4, 0.5) is 8.78 Å². The zero-order chi connectivity index (χ0) is 18.3. The number of aromatic nitrogens is 2. The Hall–Kier alpha value is -2.86. The van der Waals surface area contributed by atoms with Gasteiger partial charge in [0.25, 0.3) is 5.56 Å². The minimum Gasteiger partial charge on any atom is -0.310 e. The molecule has 0 spiro atoms. The molecule has 3 nitrogen and oxygen atoms in total. The summed E-state index contributed by atoms with van der Waals surface area (Å²) < 4.78 is 26.2. The van der Waals surface area contributed by atoms with Crippen molar-refractivity contribution < 1.29 is 8.78 Å². The second kappa shape index (κ2) is 6.46. The molecule has 0 aliphatic heterocycles. The van der Waals surface area contributed by atoms with Crippen LogP contribution in [0.5, 0.6) is 0 Å². The fourth-order valence-electron chi connectivity index (χ4n) is 3.01. The Morgan fingerprint density at radius 1 is 1.00 bits per heavy atom. The highest BCUT2D eigenvalue weighted by Crippen LogP contribution is 2.35. The Balaban J connectivity index is 1.80. The summed E-state index contributed by atoms with van der Waals surface area (Å²) in [6.45, 7) is 1.92. The van der Waals surface area contributed by atoms with Gasteiger partial charge in [0.15, 0.2) is 0 Å². The van der Waals surface area contributed by atoms with Crippen LogP contribution in [-0.4, -0.2) is 9.97 Å². The number of halogens is 2. The number of aromatic amines is 1. The lowest BCUT2D eigenvalue weighted by molar-refractivity contribution is 0.627. The molecule has 0 bridgehead atoms. The van der Waals surface area contributed by atoms with E-state index >= 15 is 0 Å². The first-order chi connectivity index (χ1) is 12.5. The minimum absolute atomic E-state index is 0.226. The minimum atomic E-state index is -0.320. The summed E-state index contributed by atoms with van der Waals surface area (Å²) in [5.74, 6) is -0.0935. The summed E-state index contributed by atoms with van der Waals surface area (Å²) in [7, 11) is 0. The predicted molar refractivity (Wildman–Crippen MR) is 99.6 cm³/mol. The summed E-state index contributed by atoms with van der Waals surface area (Å²) in [5, 5.41) is 0.516. The summed E-state index contributed by atoms with van der Waals surface area (Å²) in [6.07, 6.45) is 0.411. The van der Waals surface area contributed by atoms with Gasteiger partial charge >= 0.3 is 0 Å². The fraction of sp³-hybridized carbons (Fsp3) is 0.100. The first kappa shape index (κ1) is 16.6. The van der Waals surface area contributed by atoms with Crippen LogP contribution in [0.15, 0.2) is 53.3 Å². The van der Waals surface area contributed by atoms with E-state index in [2.05, 4.69) is 9.97 Å². The van der Waals surface area contributed by atoms with Gasteiger partial charge in [0.05, 0.1) is 5.39 Å². The topological polar surface area (TPSA) is 45.8 Å². The average Bonchev–Trinajstić information content (AvgIpc) is 2.94. The highest BCUT2D eigenvalue weighted by molar-refractivity contribution is 7.19. The molecule has 0 saturated heterocycles. The number of nitrogens with one attached hydrogen (secondary N) is 1. The molecule has 0 fully saturated rings. The van der Waals surface area contributed by atoms with Crippen molar-refractivity contribution in [3.63, 3.8) is 0 Å². The molecule has 4 aromatic rings. The highest BCUT2D eigenvalue weighted by atomic mass is 32.1. The van der Waals surface area contributed by atoms with Gasteiger partial charge in [-0.05, 0) is 42.3 Å². The lowest BCUT2D eigenvalue weighted by Gasteiger charge is -2.04. The normalized spacial score (nSPS) is 11.2. The van der Waals surface area contributed by atoms with E-state index in [0.29, 0.717) is 22.5 Å². The van der Waals surface area contributed by atoms with Crippen molar-refractivity contribution in [3.05, 3.63) is 86.8 Å². The summed E-state index contributed by atoms with van der Waals surface area (Å²) in [5.41, 5.74) is 2.21. The molecule has 0 unspecified atom stereocenters. The number of H-pyrrole nitrogens is 1. The molecule has 26 heavy (non-hydrogen) atoms. The summed E-state index contributed by atoms with van der Waals surface area (Å²) >= 11 is 1.43. The van der Waals surface area contributed by atoms with Gasteiger partial charge in [-0.25, -0.2) is 13.8 Å². The number of hydrogen-bond donors (Lipinski definition) is 1. The molecule has 1 N–H and O–H groups in total. The number of benzene rings is 2. The van der Waals surface area contributed by atoms with E-state index in [4.69, 9.17) is 0 Å². The Kier molecular flexibility index (Phi) is 4.12. The smallest absolute Gasteiger partial charge is 0.260 e. The van der Waals surface area contributed by atoms with Gasteiger partial charge in [0, 0.05) is 16.9 Å². The Bertz CT molecular complexity index is 1150. The molecule has 130 valence electrons. The molecule has 0 aliphatic rings. The lowest BCUT2D eigenvalue weighted by Crippen LogP contribution is -2.11. The van der Waals surface area contributed by atoms with E-state index in [1.54, 1.807) is 24.3 Å². The summed E-state index contributed by atoms with van der Waals surface area (Å²) in [6, 6.07) is 12.2. The maximum absolute atomic E-state index is 13.2. The van der Waals surface area contributed by atoms with Crippen LogP contribution in [0.2, 0.25) is 0 Å². The zero-order valence-corrected chi connectivity index (χ0v) is 14.7. The Morgan fingerprint density at radius 3 is 2.27 bits per heavy atom. The van der Waals surface area contributed by atoms with Gasteiger partial charge in [-0.3, -0.25) is 4.79 Å². The van der Waals surface area contributed by atoms with Gasteiger partial charge in [-0.15, -0.1) is 11.3 Å². The van der Waals surface area contributed by atoms with E-state index in [1.165, 1.54) is 35.6 Å². The quantitative estimate of drug-likeness (QED) is 0.563. The van der Waals surface area contributed by atoms with E-state index < -0.39 is 0 Å². The molecular formula is C20H14F2N2OS. The number of nitrogens with zero attached hydrogens (tertiary/aromatic N) is 1. The van der Waals surface area contributed by atoms with Crippen molar-refractivity contribution in [3.8, 4) is 11.1 Å². The van der Waals surface area contributed by atoms with Gasteiger partial charge in [0.1, 0.15) is 22.3 Å². The molecule has 2 aromatic carbocycles. The van der Waals surface area contributed by atoms with Gasteiger partial charge < -0.3 is 4.98 Å². The van der Waals surface area contributed by atoms with Crippen LogP contribution in [-0.2, 0) is 6.42 Å². The van der Waals surface area contributed by atoms with E-state index in [-0.39, 0.29) is 17.2 Å². The van der Waals surface area contributed by atoms with Crippen LogP contribution in [0.3, 0.4) is 0 Å². The van der Waals surface area contributed by atoms with Crippen molar-refractivity contribution in [1.82, 2.24) is 9.97 Å². The fourth-order valence-corrected chi connectivity index (χ4v) is 4.07. The van der Waals surface area contributed by atoms with Crippen molar-refractivity contribution in [1.29, 1.82) is 0 Å². The SMILES string of the molecule is Cc1sc2nc(Cc3ccc(F)cc3)[nH]c(=O)c2c1-c1ccc(F)cc1. The molecule has 2 aromatic heterocycles. The third-order valence-corrected chi connectivity index (χ3v) is 5.20. The third-order valence-electron chi connectivity index (χ3n) is 4.20. The molecule has 4 rings (SSSR count). The lowest BCUT2D eigenvalue weighted by atomic mass is 10.0. The van der Waals surface area contributed by atoms with Crippen molar-refractivity contribution in [2.24, 2.45) is 0 Å². The van der Waals surface area contributed by atoms with Crippen molar-refractivity contribution in [2.45, 2.75) is 13.3 Å². The Labute approximate surface area is 152 Å². The monoisotopic (exact) mass is 368 g/mol. The van der Waals surface area contributed by atoms with Crippen LogP contribution >= 0.6 is 11.3 Å². The molecular weight excluding hydrogens is 354 g/mol. The highest BCUT2D eigenvalue weighted by Gasteiger charge is 2.16. The molecule has 2 heterocycles. The standard InChI is InChI=1S/C20H14F2N2OS/c1-11-17(13-4-8-15(22)9-5-13)18-19(25)23-16(24-20(18)26-11)10-12-2-6-14(21)7-3-12/h2-9H,10H2,1H3,(H,23,24,25). The zero-order valence-electron chi connectivity index (χ0n) is 13.8. The predicted octanol–water partition coefficient (Wildman–Crippen LogP) is 4.83. The number of aryl methyl sites for hydroxylation is 1. The van der Waals surface area contributed by atoms with E-state index in [9.17, 15) is 13.6 Å². The molecule has 0 saturated carbocycles. The summed E-state index contributed by atoms with van der Waals surface area (Å²) in [4.78, 5) is 21.7. The van der Waals surface area contributed by atoms with Crippen LogP contribution in [0.1, 0.15) is 16.3 Å². The number of fused-ring (bicyclic) bond motifs is 1. The molecule has 6 heteroatoms. The maximum atomic E-state index is 13.2. The van der Waals surface area contributed by atoms with E-state index in [1.807, 2.05) is 6.92 Å². The van der Waals surface area contributed by atoms with Crippen LogP contribution < -0.4 is 5.56 Å². The second-order valence-electron chi connectivity index (χ2n) is 6.04. The molecule has 0 radical (unpaired) electrons. The van der Waals surface area contributed by atoms with Crippen LogP contribution in [0.25, 0.3) is 21.3 Å². The maximum Gasteiger partial charge on any atom is 0.260 e. The molecule has 0 amide bonds. The van der Waals surface area contributed by atoms with Crippen LogP contribution in [0, 0.1) is 18.6 Å². The van der Waals surface area contributed by atoms with Crippen molar-refractivity contribution in [2.75, 3.05) is 0 Å². The number of rotatable bonds is 3. The number of thiophene rings is 1. The van der Waals surface area contributed by atoms with Gasteiger partial charge in [-0.2, -0.15) is 0 Å². The average molecular weight is 368 g/mol. The molecule has 0 aliphatic carbocycles. The largest absolute Gasteiger partial charge is 0.310 e. The first-order valence-electron chi connectivity index (χ1n) is 8.04. The van der Waals surface area contributed by atoms with E-state index in [0.717, 1.165) is 21.6 Å². The third kappa shape index (κ3) is 3.04. The first-order valence-corrected chi connectivity index (χ1v) is 8.85. The second-order valence-corrected chi connectivity index (χ2v) is 7.24. The van der Waals surface area contributed by atoms with Crippen molar-refractivity contribution >= 4 is 21.6 Å². The number of hydrogen-bond acceptors (Lipinski definition) is 3. The Morgan fingerprint density at radius 2 is 1.62 bits per heavy atom. The van der Waals surface area contributed by atoms with Gasteiger partial charge in [-0.1, -0.05) is 24.3 Å². The van der Waals surface area contributed by atoms with Gasteiger partial charge in [0.2, 0.25) is 0 Å². The molecule has 0 atom stereocenters.